The SMILES string of the molecule is COCCOC(=O)O[C@H]1CC[C@@]2(C)C(=CCC3C=C(c4cccnc4)C(C)C32)C1. The summed E-state index contributed by atoms with van der Waals surface area (Å²) in [7, 11) is 1.58. The summed E-state index contributed by atoms with van der Waals surface area (Å²) < 4.78 is 15.6. The molecule has 0 spiro atoms. The fourth-order valence-electron chi connectivity index (χ4n) is 5.84. The number of allylic oxidation sites excluding steroid dienone is 3. The molecule has 1 aromatic heterocycles. The normalized spacial score (nSPS) is 33.2. The Labute approximate surface area is 173 Å². The van der Waals surface area contributed by atoms with Crippen molar-refractivity contribution < 1.29 is 19.0 Å². The smallest absolute Gasteiger partial charge is 0.432 e. The van der Waals surface area contributed by atoms with E-state index in [1.54, 1.807) is 7.11 Å². The van der Waals surface area contributed by atoms with E-state index in [1.807, 2.05) is 18.5 Å². The molecule has 29 heavy (non-hydrogen) atoms. The van der Waals surface area contributed by atoms with Crippen LogP contribution in [0.15, 0.2) is 42.3 Å². The van der Waals surface area contributed by atoms with Crippen molar-refractivity contribution in [3.8, 4) is 0 Å². The fourth-order valence-corrected chi connectivity index (χ4v) is 5.84. The van der Waals surface area contributed by atoms with Crippen LogP contribution < -0.4 is 0 Å². The van der Waals surface area contributed by atoms with E-state index in [0.717, 1.165) is 25.7 Å². The molecule has 0 aromatic carbocycles. The Morgan fingerprint density at radius 1 is 1.34 bits per heavy atom. The minimum atomic E-state index is -0.584. The van der Waals surface area contributed by atoms with Gasteiger partial charge in [-0.3, -0.25) is 4.98 Å². The number of nitrogens with zero attached hydrogens (tertiary/aromatic N) is 1. The number of aromatic nitrogens is 1. The summed E-state index contributed by atoms with van der Waals surface area (Å²) in [4.78, 5) is 16.2. The zero-order chi connectivity index (χ0) is 20.4. The molecule has 0 amide bonds. The van der Waals surface area contributed by atoms with Crippen molar-refractivity contribution in [2.45, 2.75) is 45.6 Å². The fraction of sp³-hybridized carbons (Fsp3) is 0.583. The van der Waals surface area contributed by atoms with Crippen LogP contribution in [0.3, 0.4) is 0 Å². The molecule has 4 rings (SSSR count). The average Bonchev–Trinajstić information content (AvgIpc) is 3.07. The second-order valence-corrected chi connectivity index (χ2v) is 8.80. The number of carbonyl (C=O) groups is 1. The van der Waals surface area contributed by atoms with E-state index in [9.17, 15) is 4.79 Å². The van der Waals surface area contributed by atoms with Gasteiger partial charge < -0.3 is 14.2 Å². The number of fused-ring (bicyclic) bond motifs is 3. The number of hydrogen-bond acceptors (Lipinski definition) is 5. The van der Waals surface area contributed by atoms with Crippen LogP contribution in [-0.2, 0) is 14.2 Å². The first-order valence-corrected chi connectivity index (χ1v) is 10.7. The van der Waals surface area contributed by atoms with E-state index in [4.69, 9.17) is 14.2 Å². The quantitative estimate of drug-likeness (QED) is 0.396. The molecule has 3 unspecified atom stereocenters. The van der Waals surface area contributed by atoms with E-state index in [1.165, 1.54) is 16.7 Å². The van der Waals surface area contributed by atoms with Crippen molar-refractivity contribution in [3.63, 3.8) is 0 Å². The number of pyridine rings is 1. The van der Waals surface area contributed by atoms with Crippen LogP contribution in [0.1, 0.15) is 45.1 Å². The molecule has 5 nitrogen and oxygen atoms in total. The average molecular weight is 398 g/mol. The standard InChI is InChI=1S/C24H31NO4/c1-16-21(18-5-4-10-25-15-18)13-17-6-7-19-14-20(8-9-24(19,2)22(16)17)29-23(26)28-12-11-27-3/h4-5,7,10,13,15-17,20,22H,6,8-9,11-12,14H2,1-3H3/t16?,17?,20-,22?,24-/m0/s1. The molecule has 1 heterocycles. The highest BCUT2D eigenvalue weighted by Crippen LogP contribution is 2.60. The molecule has 3 aliphatic rings. The van der Waals surface area contributed by atoms with Crippen LogP contribution in [0.2, 0.25) is 0 Å². The Morgan fingerprint density at radius 3 is 2.97 bits per heavy atom. The lowest BCUT2D eigenvalue weighted by Gasteiger charge is -2.50. The van der Waals surface area contributed by atoms with Gasteiger partial charge in [0.25, 0.3) is 0 Å². The van der Waals surface area contributed by atoms with E-state index in [-0.39, 0.29) is 18.1 Å². The summed E-state index contributed by atoms with van der Waals surface area (Å²) in [6.07, 6.45) is 11.8. The van der Waals surface area contributed by atoms with Crippen molar-refractivity contribution in [2.24, 2.45) is 23.2 Å². The zero-order valence-electron chi connectivity index (χ0n) is 17.6. The summed E-state index contributed by atoms with van der Waals surface area (Å²) in [5, 5.41) is 0. The van der Waals surface area contributed by atoms with Gasteiger partial charge >= 0.3 is 6.16 Å². The predicted octanol–water partition coefficient (Wildman–Crippen LogP) is 5.04. The minimum Gasteiger partial charge on any atom is -0.432 e. The highest BCUT2D eigenvalue weighted by molar-refractivity contribution is 5.70. The van der Waals surface area contributed by atoms with Crippen molar-refractivity contribution in [1.82, 2.24) is 4.98 Å². The summed E-state index contributed by atoms with van der Waals surface area (Å²) in [5.41, 5.74) is 4.29. The van der Waals surface area contributed by atoms with Gasteiger partial charge in [0.2, 0.25) is 0 Å². The number of carbonyl (C=O) groups excluding carboxylic acids is 1. The lowest BCUT2D eigenvalue weighted by atomic mass is 9.55. The molecule has 0 radical (unpaired) electrons. The molecule has 0 N–H and O–H groups in total. The van der Waals surface area contributed by atoms with E-state index in [0.29, 0.717) is 24.4 Å². The largest absolute Gasteiger partial charge is 0.508 e. The first-order valence-electron chi connectivity index (χ1n) is 10.7. The Morgan fingerprint density at radius 2 is 2.21 bits per heavy atom. The topological polar surface area (TPSA) is 57.7 Å². The number of ether oxygens (including phenoxy) is 3. The first-order chi connectivity index (χ1) is 14.0. The molecule has 1 aromatic rings. The van der Waals surface area contributed by atoms with Gasteiger partial charge in [0.05, 0.1) is 6.61 Å². The molecular formula is C24H31NO4. The molecule has 156 valence electrons. The van der Waals surface area contributed by atoms with Crippen LogP contribution in [0, 0.1) is 23.2 Å². The molecule has 0 bridgehead atoms. The van der Waals surface area contributed by atoms with Gasteiger partial charge in [0, 0.05) is 25.9 Å². The third-order valence-corrected chi connectivity index (χ3v) is 7.19. The molecule has 5 atom stereocenters. The summed E-state index contributed by atoms with van der Waals surface area (Å²) >= 11 is 0. The maximum atomic E-state index is 11.9. The molecule has 1 saturated carbocycles. The van der Waals surface area contributed by atoms with Gasteiger partial charge in [-0.15, -0.1) is 0 Å². The van der Waals surface area contributed by atoms with Crippen molar-refractivity contribution in [3.05, 3.63) is 47.8 Å². The van der Waals surface area contributed by atoms with Gasteiger partial charge in [-0.2, -0.15) is 0 Å². The molecule has 5 heteroatoms. The van der Waals surface area contributed by atoms with Crippen LogP contribution in [-0.4, -0.2) is 37.6 Å². The summed E-state index contributed by atoms with van der Waals surface area (Å²) in [5.74, 6) is 1.66. The van der Waals surface area contributed by atoms with Crippen molar-refractivity contribution in [1.29, 1.82) is 0 Å². The highest BCUT2D eigenvalue weighted by Gasteiger charge is 2.51. The van der Waals surface area contributed by atoms with Gasteiger partial charge in [0.1, 0.15) is 12.7 Å². The monoisotopic (exact) mass is 397 g/mol. The van der Waals surface area contributed by atoms with E-state index < -0.39 is 6.16 Å². The molecule has 3 aliphatic carbocycles. The molecule has 0 aliphatic heterocycles. The van der Waals surface area contributed by atoms with Gasteiger partial charge in [-0.25, -0.2) is 4.79 Å². The Hall–Kier alpha value is -2.14. The van der Waals surface area contributed by atoms with Gasteiger partial charge in [-0.1, -0.05) is 37.6 Å². The van der Waals surface area contributed by atoms with E-state index in [2.05, 4.69) is 37.0 Å². The van der Waals surface area contributed by atoms with Crippen molar-refractivity contribution >= 4 is 11.7 Å². The van der Waals surface area contributed by atoms with Gasteiger partial charge in [-0.05, 0) is 59.6 Å². The predicted molar refractivity (Wildman–Crippen MR) is 111 cm³/mol. The van der Waals surface area contributed by atoms with Crippen LogP contribution in [0.4, 0.5) is 4.79 Å². The maximum Gasteiger partial charge on any atom is 0.508 e. The van der Waals surface area contributed by atoms with Gasteiger partial charge in [0.15, 0.2) is 0 Å². The lowest BCUT2D eigenvalue weighted by Crippen LogP contribution is -2.43. The minimum absolute atomic E-state index is 0.0941. The zero-order valence-corrected chi connectivity index (χ0v) is 17.6. The Bertz CT molecular complexity index is 802. The Balaban J connectivity index is 1.44. The first kappa shape index (κ1) is 20.1. The number of methoxy groups -OCH3 is 1. The highest BCUT2D eigenvalue weighted by atomic mass is 16.7. The van der Waals surface area contributed by atoms with Crippen LogP contribution in [0.25, 0.3) is 5.57 Å². The molecule has 1 fully saturated rings. The van der Waals surface area contributed by atoms with Crippen LogP contribution >= 0.6 is 0 Å². The summed E-state index contributed by atoms with van der Waals surface area (Å²) in [6, 6.07) is 4.19. The van der Waals surface area contributed by atoms with Crippen molar-refractivity contribution in [2.75, 3.05) is 20.3 Å². The Kier molecular flexibility index (Phi) is 5.77. The summed E-state index contributed by atoms with van der Waals surface area (Å²) in [6.45, 7) is 5.40. The molecular weight excluding hydrogens is 366 g/mol. The molecule has 0 saturated heterocycles. The number of hydrogen-bond donors (Lipinski definition) is 0. The third kappa shape index (κ3) is 3.85. The second-order valence-electron chi connectivity index (χ2n) is 8.80. The second kappa shape index (κ2) is 8.31. The maximum absolute atomic E-state index is 11.9. The number of rotatable bonds is 5. The third-order valence-electron chi connectivity index (χ3n) is 7.19. The van der Waals surface area contributed by atoms with E-state index >= 15 is 0 Å². The lowest BCUT2D eigenvalue weighted by molar-refractivity contribution is -0.0112. The van der Waals surface area contributed by atoms with Crippen LogP contribution in [0.5, 0.6) is 0 Å².